The smallest absolute Gasteiger partial charge is 0.262 e. The molecule has 0 aliphatic heterocycles. The van der Waals surface area contributed by atoms with Gasteiger partial charge >= 0.3 is 0 Å². The number of aryl methyl sites for hydroxylation is 1. The van der Waals surface area contributed by atoms with E-state index in [-0.39, 0.29) is 11.4 Å². The SMILES string of the molecule is CC(C)=C=CN(C/C=C/c1ccccc1)S(=O)(=O)c1ccc(C)cc1. The number of rotatable bonds is 6. The Bertz CT molecular complexity index is 885. The predicted octanol–water partition coefficient (Wildman–Crippen LogP) is 4.78. The molecule has 0 unspecified atom stereocenters. The quantitative estimate of drug-likeness (QED) is 0.701. The summed E-state index contributed by atoms with van der Waals surface area (Å²) in [5.41, 5.74) is 5.95. The minimum absolute atomic E-state index is 0.241. The van der Waals surface area contributed by atoms with E-state index >= 15 is 0 Å². The van der Waals surface area contributed by atoms with E-state index in [4.69, 9.17) is 0 Å². The molecule has 0 spiro atoms. The van der Waals surface area contributed by atoms with Crippen molar-refractivity contribution in [3.05, 3.63) is 89.3 Å². The second-order valence-corrected chi connectivity index (χ2v) is 7.86. The van der Waals surface area contributed by atoms with Crippen LogP contribution in [0.5, 0.6) is 0 Å². The molecule has 0 saturated heterocycles. The van der Waals surface area contributed by atoms with Gasteiger partial charge in [-0.25, -0.2) is 8.42 Å². The normalized spacial score (nSPS) is 11.2. The Morgan fingerprint density at radius 2 is 1.68 bits per heavy atom. The Kier molecular flexibility index (Phi) is 6.40. The van der Waals surface area contributed by atoms with Crippen LogP contribution in [0.1, 0.15) is 25.0 Å². The number of benzene rings is 2. The van der Waals surface area contributed by atoms with E-state index < -0.39 is 10.0 Å². The first-order chi connectivity index (χ1) is 11.9. The summed E-state index contributed by atoms with van der Waals surface area (Å²) >= 11 is 0. The highest BCUT2D eigenvalue weighted by molar-refractivity contribution is 7.89. The maximum absolute atomic E-state index is 12.9. The van der Waals surface area contributed by atoms with Crippen LogP contribution in [0.3, 0.4) is 0 Å². The number of allylic oxidation sites excluding steroid dienone is 1. The van der Waals surface area contributed by atoms with Gasteiger partial charge in [0.2, 0.25) is 0 Å². The Balaban J connectivity index is 2.30. The summed E-state index contributed by atoms with van der Waals surface area (Å²) in [4.78, 5) is 0.276. The molecule has 0 heterocycles. The van der Waals surface area contributed by atoms with Crippen molar-refractivity contribution in [3.63, 3.8) is 0 Å². The van der Waals surface area contributed by atoms with Gasteiger partial charge in [-0.05, 0) is 44.0 Å². The zero-order valence-electron chi connectivity index (χ0n) is 14.8. The van der Waals surface area contributed by atoms with E-state index in [1.54, 1.807) is 24.3 Å². The molecule has 0 radical (unpaired) electrons. The molecule has 0 N–H and O–H groups in total. The van der Waals surface area contributed by atoms with Crippen molar-refractivity contribution in [1.82, 2.24) is 4.31 Å². The van der Waals surface area contributed by atoms with Crippen LogP contribution in [0.15, 0.2) is 83.1 Å². The van der Waals surface area contributed by atoms with Gasteiger partial charge in [-0.3, -0.25) is 4.31 Å². The maximum Gasteiger partial charge on any atom is 0.264 e. The largest absolute Gasteiger partial charge is 0.264 e. The van der Waals surface area contributed by atoms with Gasteiger partial charge in [0.05, 0.1) is 17.6 Å². The summed E-state index contributed by atoms with van der Waals surface area (Å²) in [5, 5.41) is 0. The Morgan fingerprint density at radius 1 is 1.04 bits per heavy atom. The lowest BCUT2D eigenvalue weighted by molar-refractivity contribution is 0.523. The van der Waals surface area contributed by atoms with Crippen molar-refractivity contribution in [3.8, 4) is 0 Å². The molecule has 2 aromatic rings. The van der Waals surface area contributed by atoms with Crippen LogP contribution in [0.4, 0.5) is 0 Å². The fourth-order valence-corrected chi connectivity index (χ4v) is 3.35. The average molecular weight is 353 g/mol. The third-order valence-electron chi connectivity index (χ3n) is 3.52. The van der Waals surface area contributed by atoms with Gasteiger partial charge in [0.1, 0.15) is 0 Å². The lowest BCUT2D eigenvalue weighted by Crippen LogP contribution is -2.26. The first kappa shape index (κ1) is 18.8. The van der Waals surface area contributed by atoms with E-state index in [1.807, 2.05) is 63.3 Å². The van der Waals surface area contributed by atoms with Crippen molar-refractivity contribution in [2.75, 3.05) is 6.54 Å². The Morgan fingerprint density at radius 3 is 2.28 bits per heavy atom. The van der Waals surface area contributed by atoms with Crippen LogP contribution in [0.2, 0.25) is 0 Å². The lowest BCUT2D eigenvalue weighted by Gasteiger charge is -2.18. The van der Waals surface area contributed by atoms with Gasteiger partial charge in [0.25, 0.3) is 10.0 Å². The fourth-order valence-electron chi connectivity index (χ4n) is 2.12. The number of nitrogens with zero attached hydrogens (tertiary/aromatic N) is 1. The van der Waals surface area contributed by atoms with E-state index in [0.717, 1.165) is 16.7 Å². The van der Waals surface area contributed by atoms with Crippen LogP contribution in [-0.4, -0.2) is 19.3 Å². The van der Waals surface area contributed by atoms with Gasteiger partial charge in [0, 0.05) is 0 Å². The monoisotopic (exact) mass is 353 g/mol. The van der Waals surface area contributed by atoms with Gasteiger partial charge in [-0.15, -0.1) is 5.73 Å². The Hall–Kier alpha value is -2.55. The molecule has 0 aromatic heterocycles. The molecule has 2 rings (SSSR count). The lowest BCUT2D eigenvalue weighted by atomic mass is 10.2. The predicted molar refractivity (Wildman–Crippen MR) is 103 cm³/mol. The molecule has 3 nitrogen and oxygen atoms in total. The molecule has 0 bridgehead atoms. The number of hydrogen-bond acceptors (Lipinski definition) is 2. The van der Waals surface area contributed by atoms with Crippen molar-refractivity contribution in [2.24, 2.45) is 0 Å². The van der Waals surface area contributed by atoms with Gasteiger partial charge in [-0.2, -0.15) is 0 Å². The summed E-state index contributed by atoms with van der Waals surface area (Å²) < 4.78 is 27.1. The molecule has 0 atom stereocenters. The molecule has 2 aromatic carbocycles. The zero-order chi connectivity index (χ0) is 18.3. The minimum Gasteiger partial charge on any atom is -0.262 e. The van der Waals surface area contributed by atoms with E-state index in [9.17, 15) is 8.42 Å². The van der Waals surface area contributed by atoms with Gasteiger partial charge < -0.3 is 0 Å². The van der Waals surface area contributed by atoms with Gasteiger partial charge in [-0.1, -0.05) is 60.2 Å². The molecule has 0 saturated carbocycles. The molecule has 25 heavy (non-hydrogen) atoms. The highest BCUT2D eigenvalue weighted by Crippen LogP contribution is 2.17. The van der Waals surface area contributed by atoms with Crippen molar-refractivity contribution >= 4 is 16.1 Å². The van der Waals surface area contributed by atoms with Crippen molar-refractivity contribution in [2.45, 2.75) is 25.7 Å². The number of hydrogen-bond donors (Lipinski definition) is 0. The Labute approximate surface area is 150 Å². The standard InChI is InChI=1S/C21H23NO2S/c1-18(2)15-17-22(16-7-10-20-8-5-4-6-9-20)25(23,24)21-13-11-19(3)12-14-21/h4-14,17H,16H2,1-3H3/b10-7+. The first-order valence-electron chi connectivity index (χ1n) is 8.10. The third kappa shape index (κ3) is 5.49. The molecule has 0 amide bonds. The molecular formula is C21H23NO2S. The summed E-state index contributed by atoms with van der Waals surface area (Å²) in [5.74, 6) is 0. The van der Waals surface area contributed by atoms with Crippen LogP contribution in [0.25, 0.3) is 6.08 Å². The molecule has 4 heteroatoms. The molecule has 130 valence electrons. The van der Waals surface area contributed by atoms with Crippen LogP contribution in [0, 0.1) is 6.92 Å². The second-order valence-electron chi connectivity index (χ2n) is 5.97. The first-order valence-corrected chi connectivity index (χ1v) is 9.54. The summed E-state index contributed by atoms with van der Waals surface area (Å²) in [7, 11) is -3.62. The second kappa shape index (κ2) is 8.52. The average Bonchev–Trinajstić information content (AvgIpc) is 2.58. The van der Waals surface area contributed by atoms with Crippen molar-refractivity contribution in [1.29, 1.82) is 0 Å². The molecule has 0 aliphatic rings. The fraction of sp³-hybridized carbons (Fsp3) is 0.190. The van der Waals surface area contributed by atoms with Crippen LogP contribution in [-0.2, 0) is 10.0 Å². The van der Waals surface area contributed by atoms with E-state index in [2.05, 4.69) is 5.73 Å². The summed E-state index contributed by atoms with van der Waals surface area (Å²) in [6.07, 6.45) is 5.25. The highest BCUT2D eigenvalue weighted by atomic mass is 32.2. The molecule has 0 fully saturated rings. The minimum atomic E-state index is -3.62. The third-order valence-corrected chi connectivity index (χ3v) is 5.26. The van der Waals surface area contributed by atoms with Crippen LogP contribution >= 0.6 is 0 Å². The number of sulfonamides is 1. The van der Waals surface area contributed by atoms with E-state index in [1.165, 1.54) is 10.5 Å². The molecule has 0 aliphatic carbocycles. The summed E-state index contributed by atoms with van der Waals surface area (Å²) in [6, 6.07) is 16.7. The van der Waals surface area contributed by atoms with Crippen LogP contribution < -0.4 is 0 Å². The zero-order valence-corrected chi connectivity index (χ0v) is 15.6. The van der Waals surface area contributed by atoms with Crippen molar-refractivity contribution < 1.29 is 8.42 Å². The summed E-state index contributed by atoms with van der Waals surface area (Å²) in [6.45, 7) is 5.94. The van der Waals surface area contributed by atoms with E-state index in [0.29, 0.717) is 0 Å². The highest BCUT2D eigenvalue weighted by Gasteiger charge is 2.20. The topological polar surface area (TPSA) is 37.4 Å². The molecular weight excluding hydrogens is 330 g/mol. The van der Waals surface area contributed by atoms with Gasteiger partial charge in [0.15, 0.2) is 0 Å². The maximum atomic E-state index is 12.9.